The van der Waals surface area contributed by atoms with E-state index in [1.54, 1.807) is 0 Å². The largest absolute Gasteiger partial charge is 0.396 e. The highest BCUT2D eigenvalue weighted by Gasteiger charge is 2.26. The van der Waals surface area contributed by atoms with Crippen LogP contribution >= 0.6 is 11.8 Å². The molecule has 0 saturated carbocycles. The first-order chi connectivity index (χ1) is 7.51. The van der Waals surface area contributed by atoms with Crippen molar-refractivity contribution in [2.24, 2.45) is 5.41 Å². The molecule has 0 aliphatic rings. The van der Waals surface area contributed by atoms with Gasteiger partial charge in [0.05, 0.1) is 0 Å². The Hall–Kier alpha value is 0.270. The van der Waals surface area contributed by atoms with E-state index in [1.165, 1.54) is 12.8 Å². The molecule has 2 nitrogen and oxygen atoms in total. The Morgan fingerprint density at radius 3 is 1.94 bits per heavy atom. The smallest absolute Gasteiger partial charge is 0.0496 e. The van der Waals surface area contributed by atoms with E-state index in [0.717, 1.165) is 19.5 Å². The molecule has 2 N–H and O–H groups in total. The highest BCUT2D eigenvalue weighted by atomic mass is 32.2. The molecule has 0 spiro atoms. The van der Waals surface area contributed by atoms with E-state index in [0.29, 0.717) is 4.75 Å². The van der Waals surface area contributed by atoms with E-state index in [9.17, 15) is 5.11 Å². The fourth-order valence-electron chi connectivity index (χ4n) is 1.75. The van der Waals surface area contributed by atoms with Crippen LogP contribution in [0.5, 0.6) is 0 Å². The minimum atomic E-state index is 0.0334. The lowest BCUT2D eigenvalue weighted by atomic mass is 9.88. The molecule has 98 valence electrons. The van der Waals surface area contributed by atoms with Crippen molar-refractivity contribution in [2.45, 2.75) is 51.7 Å². The van der Waals surface area contributed by atoms with Gasteiger partial charge in [-0.3, -0.25) is 0 Å². The Kier molecular flexibility index (Phi) is 7.70. The third-order valence-electron chi connectivity index (χ3n) is 3.96. The summed E-state index contributed by atoms with van der Waals surface area (Å²) in [5, 5.41) is 12.9. The molecule has 0 bridgehead atoms. The molecular formula is C13H29NOS. The van der Waals surface area contributed by atoms with E-state index < -0.39 is 0 Å². The van der Waals surface area contributed by atoms with Crippen LogP contribution in [0.15, 0.2) is 0 Å². The molecule has 0 rings (SSSR count). The van der Waals surface area contributed by atoms with Crippen LogP contribution in [0.3, 0.4) is 0 Å². The predicted molar refractivity (Wildman–Crippen MR) is 75.2 cm³/mol. The zero-order valence-electron chi connectivity index (χ0n) is 11.6. The molecule has 0 aliphatic carbocycles. The minimum Gasteiger partial charge on any atom is -0.396 e. The molecule has 0 heterocycles. The van der Waals surface area contributed by atoms with Gasteiger partial charge >= 0.3 is 0 Å². The van der Waals surface area contributed by atoms with Gasteiger partial charge in [-0.1, -0.05) is 27.7 Å². The molecule has 3 heteroatoms. The van der Waals surface area contributed by atoms with Gasteiger partial charge in [0.25, 0.3) is 0 Å². The van der Waals surface area contributed by atoms with E-state index in [4.69, 9.17) is 0 Å². The molecule has 0 aromatic rings. The van der Waals surface area contributed by atoms with Crippen LogP contribution in [0.4, 0.5) is 0 Å². The van der Waals surface area contributed by atoms with Crippen LogP contribution in [0, 0.1) is 5.41 Å². The van der Waals surface area contributed by atoms with E-state index in [2.05, 4.69) is 39.3 Å². The highest BCUT2D eigenvalue weighted by molar-refractivity contribution is 8.00. The summed E-state index contributed by atoms with van der Waals surface area (Å²) in [5.41, 5.74) is 0.0334. The lowest BCUT2D eigenvalue weighted by Crippen LogP contribution is -2.42. The van der Waals surface area contributed by atoms with Gasteiger partial charge in [-0.2, -0.15) is 11.8 Å². The van der Waals surface area contributed by atoms with Gasteiger partial charge in [0.15, 0.2) is 0 Å². The predicted octanol–water partition coefficient (Wildman–Crippen LogP) is 2.91. The third kappa shape index (κ3) is 4.64. The first kappa shape index (κ1) is 16.3. The van der Waals surface area contributed by atoms with Crippen LogP contribution in [-0.4, -0.2) is 35.8 Å². The second-order valence-electron chi connectivity index (χ2n) is 5.02. The molecule has 1 unspecified atom stereocenters. The zero-order valence-corrected chi connectivity index (χ0v) is 12.4. The topological polar surface area (TPSA) is 32.3 Å². The molecule has 0 fully saturated rings. The molecular weight excluding hydrogens is 218 g/mol. The zero-order chi connectivity index (χ0) is 12.7. The Balaban J connectivity index is 4.13. The standard InChI is InChI=1S/C13H29NOS/c1-6-12(4,11-15)9-14-10-13(7-2,8-3)16-5/h14-15H,6-11H2,1-5H3. The number of aliphatic hydroxyl groups is 1. The van der Waals surface area contributed by atoms with Crippen LogP contribution in [0.1, 0.15) is 47.0 Å². The number of nitrogens with one attached hydrogen (secondary N) is 1. The number of thioether (sulfide) groups is 1. The first-order valence-electron chi connectivity index (χ1n) is 6.38. The maximum Gasteiger partial charge on any atom is 0.0496 e. The maximum atomic E-state index is 9.34. The van der Waals surface area contributed by atoms with Crippen molar-refractivity contribution in [1.29, 1.82) is 0 Å². The first-order valence-corrected chi connectivity index (χ1v) is 7.60. The molecule has 0 amide bonds. The number of hydrogen-bond donors (Lipinski definition) is 2. The molecule has 1 atom stereocenters. The molecule has 16 heavy (non-hydrogen) atoms. The summed E-state index contributed by atoms with van der Waals surface area (Å²) in [6.45, 7) is 11.0. The lowest BCUT2D eigenvalue weighted by Gasteiger charge is -2.33. The van der Waals surface area contributed by atoms with Gasteiger partial charge in [-0.05, 0) is 25.5 Å². The van der Waals surface area contributed by atoms with Crippen molar-refractivity contribution in [2.75, 3.05) is 26.0 Å². The lowest BCUT2D eigenvalue weighted by molar-refractivity contribution is 0.134. The quantitative estimate of drug-likeness (QED) is 0.657. The monoisotopic (exact) mass is 247 g/mol. The van der Waals surface area contributed by atoms with Gasteiger partial charge in [0.1, 0.15) is 0 Å². The van der Waals surface area contributed by atoms with Gasteiger partial charge < -0.3 is 10.4 Å². The Labute approximate surface area is 106 Å². The van der Waals surface area contributed by atoms with Gasteiger partial charge in [0.2, 0.25) is 0 Å². The Morgan fingerprint density at radius 2 is 1.62 bits per heavy atom. The fraction of sp³-hybridized carbons (Fsp3) is 1.00. The van der Waals surface area contributed by atoms with Crippen LogP contribution in [-0.2, 0) is 0 Å². The van der Waals surface area contributed by atoms with Crippen molar-refractivity contribution in [1.82, 2.24) is 5.32 Å². The number of hydrogen-bond acceptors (Lipinski definition) is 3. The van der Waals surface area contributed by atoms with Crippen molar-refractivity contribution < 1.29 is 5.11 Å². The Bertz CT molecular complexity index is 169. The minimum absolute atomic E-state index is 0.0334. The van der Waals surface area contributed by atoms with Gasteiger partial charge in [-0.15, -0.1) is 0 Å². The summed E-state index contributed by atoms with van der Waals surface area (Å²) in [6, 6.07) is 0. The molecule has 0 aliphatic heterocycles. The van der Waals surface area contributed by atoms with Crippen molar-refractivity contribution in [3.05, 3.63) is 0 Å². The number of rotatable bonds is 9. The molecule has 0 aromatic carbocycles. The van der Waals surface area contributed by atoms with Crippen molar-refractivity contribution in [3.8, 4) is 0 Å². The van der Waals surface area contributed by atoms with E-state index in [1.807, 2.05) is 11.8 Å². The second kappa shape index (κ2) is 7.57. The average Bonchev–Trinajstić information content (AvgIpc) is 2.35. The van der Waals surface area contributed by atoms with Crippen LogP contribution in [0.25, 0.3) is 0 Å². The van der Waals surface area contributed by atoms with Crippen LogP contribution in [0.2, 0.25) is 0 Å². The molecule has 0 aromatic heterocycles. The summed E-state index contributed by atoms with van der Waals surface area (Å²) < 4.78 is 0.365. The van der Waals surface area contributed by atoms with Crippen molar-refractivity contribution in [3.63, 3.8) is 0 Å². The second-order valence-corrected chi connectivity index (χ2v) is 6.29. The van der Waals surface area contributed by atoms with Gasteiger partial charge in [0, 0.05) is 29.9 Å². The van der Waals surface area contributed by atoms with E-state index >= 15 is 0 Å². The third-order valence-corrected chi connectivity index (χ3v) is 5.54. The number of aliphatic hydroxyl groups excluding tert-OH is 1. The van der Waals surface area contributed by atoms with E-state index in [-0.39, 0.29) is 12.0 Å². The summed E-state index contributed by atoms with van der Waals surface area (Å²) in [7, 11) is 0. The molecule has 0 radical (unpaired) electrons. The highest BCUT2D eigenvalue weighted by Crippen LogP contribution is 2.30. The average molecular weight is 247 g/mol. The summed E-state index contributed by atoms with van der Waals surface area (Å²) in [6.07, 6.45) is 5.60. The fourth-order valence-corrected chi connectivity index (χ4v) is 2.57. The van der Waals surface area contributed by atoms with Crippen molar-refractivity contribution >= 4 is 11.8 Å². The summed E-state index contributed by atoms with van der Waals surface area (Å²) in [5.74, 6) is 0. The van der Waals surface area contributed by atoms with Gasteiger partial charge in [-0.25, -0.2) is 0 Å². The summed E-state index contributed by atoms with van der Waals surface area (Å²) >= 11 is 1.96. The SMILES string of the molecule is CCC(C)(CO)CNCC(CC)(CC)SC. The summed E-state index contributed by atoms with van der Waals surface area (Å²) in [4.78, 5) is 0. The molecule has 0 saturated heterocycles. The normalized spacial score (nSPS) is 16.1. The Morgan fingerprint density at radius 1 is 1.06 bits per heavy atom. The maximum absolute atomic E-state index is 9.34. The van der Waals surface area contributed by atoms with Crippen LogP contribution < -0.4 is 5.32 Å².